The first-order chi connectivity index (χ1) is 14.2. The summed E-state index contributed by atoms with van der Waals surface area (Å²) in [5.41, 5.74) is 1.24. The Morgan fingerprint density at radius 1 is 1.30 bits per heavy atom. The third-order valence-electron chi connectivity index (χ3n) is 4.91. The molecular formula is C22H27N3O4S. The number of nitrogens with one attached hydrogen (secondary N) is 1. The van der Waals surface area contributed by atoms with E-state index < -0.39 is 21.8 Å². The number of carbonyl (C=O) groups is 1. The maximum atomic E-state index is 12.8. The van der Waals surface area contributed by atoms with E-state index in [1.165, 1.54) is 12.3 Å². The molecule has 0 radical (unpaired) electrons. The third kappa shape index (κ3) is 6.13. The number of ether oxygens (including phenoxy) is 1. The van der Waals surface area contributed by atoms with Gasteiger partial charge in [0.2, 0.25) is 5.88 Å². The molecule has 1 amide bonds. The summed E-state index contributed by atoms with van der Waals surface area (Å²) in [6.45, 7) is 3.65. The third-order valence-corrected chi connectivity index (χ3v) is 5.57. The Hall–Kier alpha value is -2.74. The van der Waals surface area contributed by atoms with Crippen molar-refractivity contribution in [3.63, 3.8) is 0 Å². The molecule has 3 rings (SSSR count). The molecule has 1 fully saturated rings. The van der Waals surface area contributed by atoms with Crippen LogP contribution in [-0.4, -0.2) is 36.6 Å². The predicted octanol–water partition coefficient (Wildman–Crippen LogP) is 3.91. The Bertz CT molecular complexity index is 1040. The fourth-order valence-corrected chi connectivity index (χ4v) is 3.90. The number of amides is 1. The zero-order valence-corrected chi connectivity index (χ0v) is 18.3. The summed E-state index contributed by atoms with van der Waals surface area (Å²) >= 11 is 0. The average Bonchev–Trinajstić information content (AvgIpc) is 3.20. The summed E-state index contributed by atoms with van der Waals surface area (Å²) in [7, 11) is -3.27. The van der Waals surface area contributed by atoms with Crippen LogP contribution in [0, 0.1) is 6.92 Å². The SMILES string of the molecule is Cc1cccc(Oc2nc(C3CCCC3)ncc2C(=O)NC(C)C=CS(C)(=O)=O)c1. The number of aryl methyl sites for hydroxylation is 1. The monoisotopic (exact) mass is 429 g/mol. The van der Waals surface area contributed by atoms with Crippen molar-refractivity contribution in [2.45, 2.75) is 51.5 Å². The summed E-state index contributed by atoms with van der Waals surface area (Å²) in [5, 5.41) is 3.82. The lowest BCUT2D eigenvalue weighted by Gasteiger charge is -2.15. The Balaban J connectivity index is 1.87. The average molecular weight is 430 g/mol. The van der Waals surface area contributed by atoms with Crippen LogP contribution in [0.15, 0.2) is 41.9 Å². The van der Waals surface area contributed by atoms with E-state index in [-0.39, 0.29) is 17.4 Å². The molecule has 0 aliphatic heterocycles. The largest absolute Gasteiger partial charge is 0.438 e. The summed E-state index contributed by atoms with van der Waals surface area (Å²) in [6.07, 6.45) is 8.37. The second-order valence-electron chi connectivity index (χ2n) is 7.77. The van der Waals surface area contributed by atoms with Gasteiger partial charge in [0.05, 0.1) is 0 Å². The Kier molecular flexibility index (Phi) is 6.87. The summed E-state index contributed by atoms with van der Waals surface area (Å²) in [5.74, 6) is 1.33. The quantitative estimate of drug-likeness (QED) is 0.716. The van der Waals surface area contributed by atoms with Gasteiger partial charge in [0, 0.05) is 29.8 Å². The smallest absolute Gasteiger partial charge is 0.258 e. The molecule has 7 nitrogen and oxygen atoms in total. The molecule has 1 saturated carbocycles. The van der Waals surface area contributed by atoms with Gasteiger partial charge < -0.3 is 10.1 Å². The lowest BCUT2D eigenvalue weighted by molar-refractivity contribution is 0.0943. The van der Waals surface area contributed by atoms with Crippen LogP contribution >= 0.6 is 0 Å². The standard InChI is InChI=1S/C22H27N3O4S/c1-15-7-6-10-18(13-15)29-22-19(14-23-20(25-22)17-8-4-5-9-17)21(26)24-16(2)11-12-30(3,27)28/h6-7,10-14,16-17H,4-5,8-9H2,1-3H3,(H,24,26). The van der Waals surface area contributed by atoms with Gasteiger partial charge in [-0.25, -0.2) is 13.4 Å². The first kappa shape index (κ1) is 22.0. The number of hydrogen-bond donors (Lipinski definition) is 1. The molecule has 1 aliphatic rings. The van der Waals surface area contributed by atoms with E-state index in [2.05, 4.69) is 15.3 Å². The van der Waals surface area contributed by atoms with Gasteiger partial charge >= 0.3 is 0 Å². The number of nitrogens with zero attached hydrogens (tertiary/aromatic N) is 2. The fourth-order valence-electron chi connectivity index (χ4n) is 3.38. The molecule has 1 heterocycles. The van der Waals surface area contributed by atoms with Gasteiger partial charge in [0.25, 0.3) is 5.91 Å². The highest BCUT2D eigenvalue weighted by Crippen LogP contribution is 2.34. The molecule has 1 N–H and O–H groups in total. The molecule has 1 aliphatic carbocycles. The molecular weight excluding hydrogens is 402 g/mol. The van der Waals surface area contributed by atoms with E-state index in [9.17, 15) is 13.2 Å². The van der Waals surface area contributed by atoms with Crippen LogP contribution in [-0.2, 0) is 9.84 Å². The van der Waals surface area contributed by atoms with E-state index in [4.69, 9.17) is 4.74 Å². The summed E-state index contributed by atoms with van der Waals surface area (Å²) in [6, 6.07) is 7.02. The van der Waals surface area contributed by atoms with Crippen molar-refractivity contribution in [3.8, 4) is 11.6 Å². The number of rotatable bonds is 7. The van der Waals surface area contributed by atoms with Gasteiger partial charge in [0.1, 0.15) is 17.1 Å². The highest BCUT2D eigenvalue weighted by molar-refractivity contribution is 7.93. The van der Waals surface area contributed by atoms with Crippen molar-refractivity contribution in [3.05, 3.63) is 58.9 Å². The van der Waals surface area contributed by atoms with E-state index >= 15 is 0 Å². The van der Waals surface area contributed by atoms with Crippen molar-refractivity contribution in [2.75, 3.05) is 6.26 Å². The van der Waals surface area contributed by atoms with Crippen LogP contribution in [0.3, 0.4) is 0 Å². The van der Waals surface area contributed by atoms with Gasteiger partial charge in [-0.1, -0.05) is 31.1 Å². The summed E-state index contributed by atoms with van der Waals surface area (Å²) in [4.78, 5) is 21.8. The lowest BCUT2D eigenvalue weighted by atomic mass is 10.1. The van der Waals surface area contributed by atoms with Crippen LogP contribution in [0.4, 0.5) is 0 Å². The number of sulfone groups is 1. The number of aromatic nitrogens is 2. The molecule has 0 bridgehead atoms. The second kappa shape index (κ2) is 9.38. The van der Waals surface area contributed by atoms with Crippen LogP contribution in [0.25, 0.3) is 0 Å². The van der Waals surface area contributed by atoms with Gasteiger partial charge in [-0.05, 0) is 44.4 Å². The van der Waals surface area contributed by atoms with E-state index in [1.54, 1.807) is 6.92 Å². The van der Waals surface area contributed by atoms with E-state index in [0.717, 1.165) is 42.9 Å². The van der Waals surface area contributed by atoms with E-state index in [0.29, 0.717) is 11.6 Å². The zero-order valence-electron chi connectivity index (χ0n) is 17.5. The maximum absolute atomic E-state index is 12.8. The molecule has 30 heavy (non-hydrogen) atoms. The summed E-state index contributed by atoms with van der Waals surface area (Å²) < 4.78 is 28.6. The first-order valence-corrected chi connectivity index (χ1v) is 12.0. The van der Waals surface area contributed by atoms with Crippen LogP contribution < -0.4 is 10.1 Å². The Morgan fingerprint density at radius 2 is 2.03 bits per heavy atom. The molecule has 1 unspecified atom stereocenters. The lowest BCUT2D eigenvalue weighted by Crippen LogP contribution is -2.31. The van der Waals surface area contributed by atoms with Crippen molar-refractivity contribution in [2.24, 2.45) is 0 Å². The van der Waals surface area contributed by atoms with Crippen molar-refractivity contribution >= 4 is 15.7 Å². The molecule has 8 heteroatoms. The van der Waals surface area contributed by atoms with Gasteiger partial charge in [0.15, 0.2) is 9.84 Å². The van der Waals surface area contributed by atoms with Crippen LogP contribution in [0.5, 0.6) is 11.6 Å². The molecule has 1 aromatic heterocycles. The van der Waals surface area contributed by atoms with E-state index in [1.807, 2.05) is 31.2 Å². The van der Waals surface area contributed by atoms with Crippen LogP contribution in [0.2, 0.25) is 0 Å². The van der Waals surface area contributed by atoms with Crippen molar-refractivity contribution in [1.29, 1.82) is 0 Å². The number of benzene rings is 1. The Morgan fingerprint density at radius 3 is 2.70 bits per heavy atom. The normalized spacial score (nSPS) is 16.0. The predicted molar refractivity (Wildman–Crippen MR) is 115 cm³/mol. The molecule has 0 saturated heterocycles. The van der Waals surface area contributed by atoms with Crippen LogP contribution in [0.1, 0.15) is 60.3 Å². The second-order valence-corrected chi connectivity index (χ2v) is 9.70. The van der Waals surface area contributed by atoms with Gasteiger partial charge in [-0.3, -0.25) is 4.79 Å². The topological polar surface area (TPSA) is 98.2 Å². The zero-order chi connectivity index (χ0) is 21.7. The number of carbonyl (C=O) groups excluding carboxylic acids is 1. The number of hydrogen-bond acceptors (Lipinski definition) is 6. The van der Waals surface area contributed by atoms with Gasteiger partial charge in [-0.2, -0.15) is 4.98 Å². The highest BCUT2D eigenvalue weighted by atomic mass is 32.2. The minimum atomic E-state index is -3.27. The molecule has 2 aromatic rings. The molecule has 1 atom stereocenters. The van der Waals surface area contributed by atoms with Gasteiger partial charge in [-0.15, -0.1) is 0 Å². The first-order valence-electron chi connectivity index (χ1n) is 10.0. The van der Waals surface area contributed by atoms with Crippen molar-refractivity contribution < 1.29 is 17.9 Å². The maximum Gasteiger partial charge on any atom is 0.258 e. The fraction of sp³-hybridized carbons (Fsp3) is 0.409. The van der Waals surface area contributed by atoms with Crippen molar-refractivity contribution in [1.82, 2.24) is 15.3 Å². The highest BCUT2D eigenvalue weighted by Gasteiger charge is 2.24. The minimum absolute atomic E-state index is 0.203. The molecule has 1 aromatic carbocycles. The molecule has 160 valence electrons. The Labute approximate surface area is 177 Å². The minimum Gasteiger partial charge on any atom is -0.438 e. The molecule has 0 spiro atoms.